The molecule has 138 valence electrons. The van der Waals surface area contributed by atoms with Crippen molar-refractivity contribution in [3.63, 3.8) is 0 Å². The van der Waals surface area contributed by atoms with Gasteiger partial charge in [-0.05, 0) is 43.1 Å². The summed E-state index contributed by atoms with van der Waals surface area (Å²) in [7, 11) is 3.16. The molecule has 1 fully saturated rings. The summed E-state index contributed by atoms with van der Waals surface area (Å²) in [5.74, 6) is 1.18. The number of amides is 1. The summed E-state index contributed by atoms with van der Waals surface area (Å²) in [4.78, 5) is 14.8. The minimum atomic E-state index is -0.0875. The Bertz CT molecular complexity index is 781. The molecule has 0 aromatic heterocycles. The number of methoxy groups -OCH3 is 2. The average Bonchev–Trinajstić information content (AvgIpc) is 3.09. The molecular formula is C20H23ClN2O3. The third kappa shape index (κ3) is 4.11. The van der Waals surface area contributed by atoms with Crippen LogP contribution in [-0.2, 0) is 4.79 Å². The van der Waals surface area contributed by atoms with E-state index < -0.39 is 0 Å². The van der Waals surface area contributed by atoms with Gasteiger partial charge in [-0.3, -0.25) is 9.69 Å². The van der Waals surface area contributed by atoms with E-state index in [0.717, 1.165) is 30.0 Å². The molecule has 1 saturated heterocycles. The van der Waals surface area contributed by atoms with Gasteiger partial charge in [0.25, 0.3) is 0 Å². The molecule has 0 bridgehead atoms. The van der Waals surface area contributed by atoms with Crippen molar-refractivity contribution in [1.29, 1.82) is 0 Å². The number of hydrogen-bond acceptors (Lipinski definition) is 4. The maximum atomic E-state index is 12.6. The Balaban J connectivity index is 1.71. The second-order valence-electron chi connectivity index (χ2n) is 6.26. The topological polar surface area (TPSA) is 50.8 Å². The quantitative estimate of drug-likeness (QED) is 0.825. The van der Waals surface area contributed by atoms with E-state index in [9.17, 15) is 4.79 Å². The van der Waals surface area contributed by atoms with Crippen LogP contribution in [0.5, 0.6) is 11.5 Å². The summed E-state index contributed by atoms with van der Waals surface area (Å²) >= 11 is 6.35. The molecular weight excluding hydrogens is 352 g/mol. The summed E-state index contributed by atoms with van der Waals surface area (Å²) in [6.45, 7) is 1.18. The Morgan fingerprint density at radius 2 is 2.04 bits per heavy atom. The minimum Gasteiger partial charge on any atom is -0.497 e. The van der Waals surface area contributed by atoms with E-state index in [1.165, 1.54) is 0 Å². The SMILES string of the molecule is COc1ccc(OC)c(NC(=O)CN2CCCC2c2ccccc2Cl)c1. The van der Waals surface area contributed by atoms with Crippen molar-refractivity contribution in [2.24, 2.45) is 0 Å². The summed E-state index contributed by atoms with van der Waals surface area (Å²) in [6.07, 6.45) is 2.05. The molecule has 0 saturated carbocycles. The third-order valence-corrected chi connectivity index (χ3v) is 5.00. The van der Waals surface area contributed by atoms with E-state index in [1.54, 1.807) is 32.4 Å². The van der Waals surface area contributed by atoms with Gasteiger partial charge >= 0.3 is 0 Å². The highest BCUT2D eigenvalue weighted by Crippen LogP contribution is 2.35. The molecule has 0 aliphatic carbocycles. The number of carbonyl (C=O) groups is 1. The number of anilines is 1. The van der Waals surface area contributed by atoms with Crippen LogP contribution in [0.15, 0.2) is 42.5 Å². The Kier molecular flexibility index (Phi) is 6.01. The fourth-order valence-corrected chi connectivity index (χ4v) is 3.66. The molecule has 1 unspecified atom stereocenters. The summed E-state index contributed by atoms with van der Waals surface area (Å²) in [5, 5.41) is 3.68. The second kappa shape index (κ2) is 8.43. The number of nitrogens with one attached hydrogen (secondary N) is 1. The van der Waals surface area contributed by atoms with Gasteiger partial charge in [-0.2, -0.15) is 0 Å². The molecule has 1 aliphatic rings. The van der Waals surface area contributed by atoms with E-state index in [1.807, 2.05) is 24.3 Å². The van der Waals surface area contributed by atoms with Crippen LogP contribution in [0.4, 0.5) is 5.69 Å². The van der Waals surface area contributed by atoms with Crippen molar-refractivity contribution in [3.05, 3.63) is 53.1 Å². The highest BCUT2D eigenvalue weighted by atomic mass is 35.5. The maximum absolute atomic E-state index is 12.6. The molecule has 1 N–H and O–H groups in total. The lowest BCUT2D eigenvalue weighted by atomic mass is 10.0. The number of ether oxygens (including phenoxy) is 2. The van der Waals surface area contributed by atoms with Crippen LogP contribution in [0.25, 0.3) is 0 Å². The first-order valence-electron chi connectivity index (χ1n) is 8.62. The van der Waals surface area contributed by atoms with Crippen molar-refractivity contribution in [2.75, 3.05) is 32.6 Å². The highest BCUT2D eigenvalue weighted by molar-refractivity contribution is 6.31. The molecule has 26 heavy (non-hydrogen) atoms. The molecule has 1 aliphatic heterocycles. The molecule has 5 nitrogen and oxygen atoms in total. The van der Waals surface area contributed by atoms with Crippen molar-refractivity contribution in [3.8, 4) is 11.5 Å². The first-order valence-corrected chi connectivity index (χ1v) is 9.00. The lowest BCUT2D eigenvalue weighted by Crippen LogP contribution is -2.33. The lowest BCUT2D eigenvalue weighted by Gasteiger charge is -2.25. The summed E-state index contributed by atoms with van der Waals surface area (Å²) in [5.41, 5.74) is 1.68. The fourth-order valence-electron chi connectivity index (χ4n) is 3.40. The number of hydrogen-bond donors (Lipinski definition) is 1. The highest BCUT2D eigenvalue weighted by Gasteiger charge is 2.29. The van der Waals surface area contributed by atoms with Gasteiger partial charge in [0.05, 0.1) is 26.5 Å². The standard InChI is InChI=1S/C20H23ClN2O3/c1-25-14-9-10-19(26-2)17(12-14)22-20(24)13-23-11-5-8-18(23)15-6-3-4-7-16(15)21/h3-4,6-7,9-10,12,18H,5,8,11,13H2,1-2H3,(H,22,24). The fraction of sp³-hybridized carbons (Fsp3) is 0.350. The van der Waals surface area contributed by atoms with E-state index in [2.05, 4.69) is 10.2 Å². The zero-order valence-electron chi connectivity index (χ0n) is 15.0. The van der Waals surface area contributed by atoms with E-state index in [0.29, 0.717) is 23.7 Å². The van der Waals surface area contributed by atoms with Gasteiger partial charge in [0, 0.05) is 17.1 Å². The van der Waals surface area contributed by atoms with Crippen LogP contribution in [0.1, 0.15) is 24.4 Å². The monoisotopic (exact) mass is 374 g/mol. The van der Waals surface area contributed by atoms with E-state index in [4.69, 9.17) is 21.1 Å². The number of likely N-dealkylation sites (tertiary alicyclic amines) is 1. The third-order valence-electron chi connectivity index (χ3n) is 4.66. The van der Waals surface area contributed by atoms with Crippen LogP contribution in [0.2, 0.25) is 5.02 Å². The number of rotatable bonds is 6. The van der Waals surface area contributed by atoms with Crippen LogP contribution < -0.4 is 14.8 Å². The van der Waals surface area contributed by atoms with Gasteiger partial charge < -0.3 is 14.8 Å². The van der Waals surface area contributed by atoms with Gasteiger partial charge in [-0.1, -0.05) is 29.8 Å². The first-order chi connectivity index (χ1) is 12.6. The molecule has 6 heteroatoms. The summed E-state index contributed by atoms with van der Waals surface area (Å²) < 4.78 is 10.5. The Labute approximate surface area is 158 Å². The first kappa shape index (κ1) is 18.5. The average molecular weight is 375 g/mol. The smallest absolute Gasteiger partial charge is 0.238 e. The molecule has 1 amide bonds. The Hall–Kier alpha value is -2.24. The molecule has 2 aromatic rings. The second-order valence-corrected chi connectivity index (χ2v) is 6.67. The zero-order valence-corrected chi connectivity index (χ0v) is 15.8. The van der Waals surface area contributed by atoms with Gasteiger partial charge in [-0.15, -0.1) is 0 Å². The number of benzene rings is 2. The predicted octanol–water partition coefficient (Wildman–Crippen LogP) is 4.13. The van der Waals surface area contributed by atoms with Crippen molar-refractivity contribution >= 4 is 23.2 Å². The van der Waals surface area contributed by atoms with Crippen molar-refractivity contribution in [1.82, 2.24) is 4.90 Å². The Morgan fingerprint density at radius 3 is 2.77 bits per heavy atom. The van der Waals surface area contributed by atoms with Crippen LogP contribution in [0, 0.1) is 0 Å². The van der Waals surface area contributed by atoms with Crippen LogP contribution in [-0.4, -0.2) is 38.1 Å². The summed E-state index contributed by atoms with van der Waals surface area (Å²) in [6, 6.07) is 13.3. The Morgan fingerprint density at radius 1 is 1.23 bits per heavy atom. The van der Waals surface area contributed by atoms with Crippen LogP contribution in [0.3, 0.4) is 0 Å². The lowest BCUT2D eigenvalue weighted by molar-refractivity contribution is -0.117. The van der Waals surface area contributed by atoms with Gasteiger partial charge in [0.1, 0.15) is 11.5 Å². The number of halogens is 1. The largest absolute Gasteiger partial charge is 0.497 e. The van der Waals surface area contributed by atoms with E-state index >= 15 is 0 Å². The maximum Gasteiger partial charge on any atom is 0.238 e. The molecule has 1 atom stereocenters. The zero-order chi connectivity index (χ0) is 18.5. The van der Waals surface area contributed by atoms with Crippen molar-refractivity contribution in [2.45, 2.75) is 18.9 Å². The number of nitrogens with zero attached hydrogens (tertiary/aromatic N) is 1. The van der Waals surface area contributed by atoms with Gasteiger partial charge in [-0.25, -0.2) is 0 Å². The normalized spacial score (nSPS) is 17.1. The molecule has 1 heterocycles. The van der Waals surface area contributed by atoms with Crippen LogP contribution >= 0.6 is 11.6 Å². The minimum absolute atomic E-state index is 0.0875. The van der Waals surface area contributed by atoms with Crippen molar-refractivity contribution < 1.29 is 14.3 Å². The molecule has 3 rings (SSSR count). The van der Waals surface area contributed by atoms with E-state index in [-0.39, 0.29) is 11.9 Å². The molecule has 0 radical (unpaired) electrons. The predicted molar refractivity (Wildman–Crippen MR) is 103 cm³/mol. The van der Waals surface area contributed by atoms with Gasteiger partial charge in [0.15, 0.2) is 0 Å². The molecule has 2 aromatic carbocycles. The molecule has 0 spiro atoms. The van der Waals surface area contributed by atoms with Gasteiger partial charge in [0.2, 0.25) is 5.91 Å². The number of carbonyl (C=O) groups excluding carboxylic acids is 1.